The van der Waals surface area contributed by atoms with Crippen molar-refractivity contribution in [2.45, 2.75) is 119 Å². The third kappa shape index (κ3) is 7.35. The van der Waals surface area contributed by atoms with E-state index in [-0.39, 0.29) is 37.5 Å². The van der Waals surface area contributed by atoms with Crippen molar-refractivity contribution >= 4 is 10.4 Å². The Hall–Kier alpha value is -0.380. The molecule has 9 nitrogen and oxygen atoms in total. The molecule has 4 aliphatic rings. The lowest BCUT2D eigenvalue weighted by molar-refractivity contribution is -0.0493. The van der Waals surface area contributed by atoms with Gasteiger partial charge < -0.3 is 9.29 Å². The Balaban J connectivity index is 1.26. The van der Waals surface area contributed by atoms with E-state index in [1.54, 1.807) is 4.31 Å². The fourth-order valence-corrected chi connectivity index (χ4v) is 7.59. The smallest absolute Gasteiger partial charge is 0.167 e. The van der Waals surface area contributed by atoms with Gasteiger partial charge in [0.05, 0.1) is 0 Å². The maximum Gasteiger partial charge on any atom is 0.167 e. The number of halogens is 3. The van der Waals surface area contributed by atoms with Crippen LogP contribution in [-0.4, -0.2) is 83.3 Å². The van der Waals surface area contributed by atoms with Crippen molar-refractivity contribution in [2.75, 3.05) is 19.7 Å². The molecule has 2 heterocycles. The van der Waals surface area contributed by atoms with Gasteiger partial charge in [0.2, 0.25) is 0 Å². The molecule has 0 aromatic heterocycles. The number of hydrogen-bond acceptors (Lipinski definition) is 8. The van der Waals surface area contributed by atoms with Crippen molar-refractivity contribution in [3.63, 3.8) is 0 Å². The second-order valence-corrected chi connectivity index (χ2v) is 12.4. The first-order chi connectivity index (χ1) is 16.7. The summed E-state index contributed by atoms with van der Waals surface area (Å²) in [6.07, 6.45) is -1.19. The van der Waals surface area contributed by atoms with Crippen molar-refractivity contribution in [3.05, 3.63) is 0 Å². The van der Waals surface area contributed by atoms with Crippen LogP contribution in [0.25, 0.3) is 0 Å². The first-order valence-electron chi connectivity index (χ1n) is 13.1. The summed E-state index contributed by atoms with van der Waals surface area (Å²) in [5.41, 5.74) is 0. The van der Waals surface area contributed by atoms with Gasteiger partial charge in [-0.2, -0.15) is 0 Å². The van der Waals surface area contributed by atoms with Crippen LogP contribution < -0.4 is 26.6 Å². The van der Waals surface area contributed by atoms with Crippen LogP contribution >= 0.6 is 0 Å². The summed E-state index contributed by atoms with van der Waals surface area (Å²) >= 11 is 0. The van der Waals surface area contributed by atoms with Crippen LogP contribution in [0, 0.1) is 0 Å². The standard InChI is InChI=1S/C22H41F3N6O3S/c1-2-34-22-29-20(28-21(30-22)27-16-5-8-18(24)19(25)13-16)26-15-9-11-31(12-10-15)35(32,33)17-6-3-14(23)4-7-17/h14-22,26-30H,2-13H2,1H3. The number of sulfonamides is 1. The Kier molecular flexibility index (Phi) is 9.83. The molecule has 0 bridgehead atoms. The predicted octanol–water partition coefficient (Wildman–Crippen LogP) is 1.35. The fourth-order valence-electron chi connectivity index (χ4n) is 5.58. The Morgan fingerprint density at radius 1 is 0.886 bits per heavy atom. The molecule has 4 fully saturated rings. The second-order valence-electron chi connectivity index (χ2n) is 10.2. The van der Waals surface area contributed by atoms with E-state index >= 15 is 0 Å². The third-order valence-corrected chi connectivity index (χ3v) is 10.0. The van der Waals surface area contributed by atoms with E-state index in [0.29, 0.717) is 64.6 Å². The molecular weight excluding hydrogens is 485 g/mol. The van der Waals surface area contributed by atoms with Crippen molar-refractivity contribution < 1.29 is 26.7 Å². The summed E-state index contributed by atoms with van der Waals surface area (Å²) in [5, 5.41) is 16.2. The Labute approximate surface area is 207 Å². The van der Waals surface area contributed by atoms with E-state index in [1.807, 2.05) is 6.92 Å². The molecule has 0 aromatic carbocycles. The van der Waals surface area contributed by atoms with Crippen LogP contribution in [-0.2, 0) is 19.3 Å². The normalized spacial score (nSPS) is 42.0. The van der Waals surface area contributed by atoms with Gasteiger partial charge >= 0.3 is 0 Å². The van der Waals surface area contributed by atoms with Crippen LogP contribution in [0.3, 0.4) is 0 Å². The third-order valence-electron chi connectivity index (χ3n) is 7.64. The molecule has 0 spiro atoms. The zero-order valence-corrected chi connectivity index (χ0v) is 21.2. The lowest BCUT2D eigenvalue weighted by Crippen LogP contribution is -2.76. The van der Waals surface area contributed by atoms with Crippen LogP contribution in [0.4, 0.5) is 13.2 Å². The summed E-state index contributed by atoms with van der Waals surface area (Å²) < 4.78 is 74.1. The van der Waals surface area contributed by atoms with Crippen LogP contribution in [0.5, 0.6) is 0 Å². The maximum absolute atomic E-state index is 13.8. The summed E-state index contributed by atoms with van der Waals surface area (Å²) in [6.45, 7) is 3.25. The molecule has 4 rings (SSSR count). The van der Waals surface area contributed by atoms with E-state index in [9.17, 15) is 21.9 Å². The molecular formula is C22H41F3N6O3S. The van der Waals surface area contributed by atoms with Gasteiger partial charge in [-0.15, -0.1) is 4.31 Å². The predicted molar refractivity (Wildman–Crippen MR) is 127 cm³/mol. The SMILES string of the molecule is CCOC1NC(NC2CCN([S+](=O)([O-])C3CCC(F)CC3)CC2)NC(NC2CCC(F)C(F)C2)N1. The van der Waals surface area contributed by atoms with E-state index < -0.39 is 40.5 Å². The lowest BCUT2D eigenvalue weighted by atomic mass is 9.92. The zero-order valence-electron chi connectivity index (χ0n) is 20.4. The molecule has 0 amide bonds. The molecule has 2 saturated heterocycles. The van der Waals surface area contributed by atoms with Crippen molar-refractivity contribution in [2.24, 2.45) is 0 Å². The lowest BCUT2D eigenvalue weighted by Gasteiger charge is -2.43. The van der Waals surface area contributed by atoms with Crippen molar-refractivity contribution in [1.82, 2.24) is 30.9 Å². The minimum absolute atomic E-state index is 0.0891. The number of ether oxygens (including phenoxy) is 1. The van der Waals surface area contributed by atoms with E-state index in [2.05, 4.69) is 26.6 Å². The maximum atomic E-state index is 13.8. The van der Waals surface area contributed by atoms with Gasteiger partial charge in [0.1, 0.15) is 46.7 Å². The number of hydrogen-bond donors (Lipinski definition) is 5. The minimum Gasteiger partial charge on any atom is -0.597 e. The fraction of sp³-hybridized carbons (Fsp3) is 1.00. The molecule has 204 valence electrons. The summed E-state index contributed by atoms with van der Waals surface area (Å²) in [5.74, 6) is 0. The van der Waals surface area contributed by atoms with Crippen LogP contribution in [0.15, 0.2) is 0 Å². The van der Waals surface area contributed by atoms with Gasteiger partial charge in [0, 0.05) is 31.8 Å². The van der Waals surface area contributed by atoms with E-state index in [0.717, 1.165) is 0 Å². The van der Waals surface area contributed by atoms with Crippen molar-refractivity contribution in [3.8, 4) is 0 Å². The molecule has 2 saturated carbocycles. The van der Waals surface area contributed by atoms with Gasteiger partial charge in [-0.05, 0) is 64.7 Å². The van der Waals surface area contributed by atoms with Crippen LogP contribution in [0.2, 0.25) is 0 Å². The molecule has 35 heavy (non-hydrogen) atoms. The van der Waals surface area contributed by atoms with E-state index in [4.69, 9.17) is 4.74 Å². The molecule has 7 unspecified atom stereocenters. The summed E-state index contributed by atoms with van der Waals surface area (Å²) in [7, 11) is -3.40. The Morgan fingerprint density at radius 3 is 2.11 bits per heavy atom. The number of nitrogens with one attached hydrogen (secondary N) is 5. The first kappa shape index (κ1) is 27.6. The Morgan fingerprint density at radius 2 is 1.51 bits per heavy atom. The number of alkyl halides is 3. The first-order valence-corrected chi connectivity index (χ1v) is 14.6. The molecule has 2 aliphatic heterocycles. The average molecular weight is 527 g/mol. The monoisotopic (exact) mass is 526 g/mol. The average Bonchev–Trinajstić information content (AvgIpc) is 2.82. The minimum atomic E-state index is -3.40. The molecule has 0 aromatic rings. The molecule has 5 N–H and O–H groups in total. The molecule has 7 atom stereocenters. The summed E-state index contributed by atoms with van der Waals surface area (Å²) in [4.78, 5) is 0. The highest BCUT2D eigenvalue weighted by atomic mass is 32.3. The second kappa shape index (κ2) is 12.4. The molecule has 0 radical (unpaired) electrons. The summed E-state index contributed by atoms with van der Waals surface area (Å²) in [6, 6.07) is -0.0600. The van der Waals surface area contributed by atoms with Crippen LogP contribution in [0.1, 0.15) is 64.7 Å². The number of nitrogens with zero attached hydrogens (tertiary/aromatic N) is 1. The molecule has 13 heteroatoms. The van der Waals surface area contributed by atoms with Gasteiger partial charge in [-0.3, -0.25) is 26.6 Å². The molecule has 2 aliphatic carbocycles. The largest absolute Gasteiger partial charge is 0.597 e. The number of rotatable bonds is 8. The highest BCUT2D eigenvalue weighted by Gasteiger charge is 2.42. The Bertz CT molecular complexity index is 714. The van der Waals surface area contributed by atoms with Gasteiger partial charge in [-0.1, -0.05) is 4.21 Å². The van der Waals surface area contributed by atoms with Crippen molar-refractivity contribution in [1.29, 1.82) is 0 Å². The topological polar surface area (TPSA) is 113 Å². The van der Waals surface area contributed by atoms with Gasteiger partial charge in [0.15, 0.2) is 6.35 Å². The zero-order chi connectivity index (χ0) is 25.0. The van der Waals surface area contributed by atoms with Gasteiger partial charge in [-0.25, -0.2) is 13.2 Å². The van der Waals surface area contributed by atoms with Gasteiger partial charge in [0.25, 0.3) is 0 Å². The number of piperidine rings is 1. The highest BCUT2D eigenvalue weighted by Crippen LogP contribution is 2.32. The quantitative estimate of drug-likeness (QED) is 0.302. The highest BCUT2D eigenvalue weighted by molar-refractivity contribution is 7.96. The van der Waals surface area contributed by atoms with E-state index in [1.165, 1.54) is 0 Å².